The Bertz CT molecular complexity index is 1210. The number of esters is 1. The van der Waals surface area contributed by atoms with Gasteiger partial charge in [0.05, 0.1) is 23.9 Å². The van der Waals surface area contributed by atoms with Gasteiger partial charge in [-0.1, -0.05) is 0 Å². The normalized spacial score (nSPS) is 11.2. The minimum Gasteiger partial charge on any atom is -0.464 e. The average molecular weight is 431 g/mol. The number of aromatic amines is 1. The van der Waals surface area contributed by atoms with Crippen LogP contribution in [-0.2, 0) is 4.74 Å². The summed E-state index contributed by atoms with van der Waals surface area (Å²) in [5.41, 5.74) is 1.54. The van der Waals surface area contributed by atoms with Crippen molar-refractivity contribution >= 4 is 39.2 Å². The number of imidazole rings is 1. The van der Waals surface area contributed by atoms with Crippen molar-refractivity contribution in [2.45, 2.75) is 13.3 Å². The van der Waals surface area contributed by atoms with E-state index >= 15 is 0 Å². The van der Waals surface area contributed by atoms with Gasteiger partial charge in [-0.15, -0.1) is 11.3 Å². The molecular weight excluding hydrogens is 416 g/mol. The first-order valence-electron chi connectivity index (χ1n) is 8.89. The van der Waals surface area contributed by atoms with Gasteiger partial charge in [0, 0.05) is 16.5 Å². The molecule has 1 amide bonds. The highest BCUT2D eigenvalue weighted by molar-refractivity contribution is 7.15. The Balaban J connectivity index is 1.66. The summed E-state index contributed by atoms with van der Waals surface area (Å²) in [7, 11) is 0. The molecule has 0 unspecified atom stereocenters. The summed E-state index contributed by atoms with van der Waals surface area (Å²) in [6.07, 6.45) is -1.26. The van der Waals surface area contributed by atoms with E-state index in [4.69, 9.17) is 9.15 Å². The third-order valence-corrected chi connectivity index (χ3v) is 5.15. The number of alkyl halides is 2. The molecule has 1 aromatic carbocycles. The molecule has 0 aliphatic rings. The van der Waals surface area contributed by atoms with Gasteiger partial charge in [0.25, 0.3) is 12.3 Å². The van der Waals surface area contributed by atoms with E-state index in [2.05, 4.69) is 15.3 Å². The second-order valence-corrected chi connectivity index (χ2v) is 7.04. The fourth-order valence-electron chi connectivity index (χ4n) is 2.92. The number of carbonyl (C=O) groups is 2. The van der Waals surface area contributed by atoms with E-state index in [0.717, 1.165) is 11.3 Å². The zero-order valence-corrected chi connectivity index (χ0v) is 16.4. The number of furan rings is 1. The van der Waals surface area contributed by atoms with Crippen LogP contribution in [0, 0.1) is 0 Å². The average Bonchev–Trinajstić information content (AvgIpc) is 3.46. The molecule has 0 radical (unpaired) electrons. The van der Waals surface area contributed by atoms with Crippen LogP contribution >= 0.6 is 11.3 Å². The Morgan fingerprint density at radius 3 is 2.87 bits per heavy atom. The van der Waals surface area contributed by atoms with Crippen LogP contribution in [0.25, 0.3) is 22.4 Å². The van der Waals surface area contributed by atoms with Crippen LogP contribution in [0.1, 0.15) is 39.9 Å². The largest absolute Gasteiger partial charge is 0.464 e. The van der Waals surface area contributed by atoms with Crippen LogP contribution < -0.4 is 5.32 Å². The standard InChI is InChI=1S/C20H15F2N3O4S/c1-2-28-20(27)15-11(14-4-3-7-29-14)9-30-19(15)25-18(26)10-5-6-12-13(8-10)24-17(23-12)16(21)22/h3-9,16H,2H2,1H3,(H,23,24)(H,25,26). The number of hydrogen-bond acceptors (Lipinski definition) is 6. The summed E-state index contributed by atoms with van der Waals surface area (Å²) in [6.45, 7) is 1.85. The van der Waals surface area contributed by atoms with Crippen LogP contribution in [0.3, 0.4) is 0 Å². The summed E-state index contributed by atoms with van der Waals surface area (Å²) in [6, 6.07) is 7.76. The zero-order valence-electron chi connectivity index (χ0n) is 15.6. The Labute approximate surface area is 172 Å². The highest BCUT2D eigenvalue weighted by Crippen LogP contribution is 2.36. The minimum absolute atomic E-state index is 0.169. The SMILES string of the molecule is CCOC(=O)c1c(-c2ccco2)csc1NC(=O)c1ccc2nc(C(F)F)[nH]c2c1. The number of benzene rings is 1. The number of H-pyrrole nitrogens is 1. The van der Waals surface area contributed by atoms with Gasteiger partial charge in [-0.25, -0.2) is 18.6 Å². The predicted molar refractivity (Wildman–Crippen MR) is 107 cm³/mol. The molecule has 10 heteroatoms. The van der Waals surface area contributed by atoms with Gasteiger partial charge >= 0.3 is 5.97 Å². The van der Waals surface area contributed by atoms with Crippen LogP contribution in [0.15, 0.2) is 46.4 Å². The number of thiophene rings is 1. The Morgan fingerprint density at radius 2 is 2.17 bits per heavy atom. The second-order valence-electron chi connectivity index (χ2n) is 6.16. The topological polar surface area (TPSA) is 97.2 Å². The van der Waals surface area contributed by atoms with Crippen LogP contribution in [-0.4, -0.2) is 28.5 Å². The molecule has 4 rings (SSSR count). The molecule has 0 saturated heterocycles. The molecule has 2 N–H and O–H groups in total. The first-order chi connectivity index (χ1) is 14.5. The molecule has 154 valence electrons. The van der Waals surface area contributed by atoms with E-state index < -0.39 is 24.1 Å². The van der Waals surface area contributed by atoms with Crippen LogP contribution in [0.2, 0.25) is 0 Å². The highest BCUT2D eigenvalue weighted by atomic mass is 32.1. The van der Waals surface area contributed by atoms with Crippen LogP contribution in [0.5, 0.6) is 0 Å². The van der Waals surface area contributed by atoms with Gasteiger partial charge in [0.2, 0.25) is 0 Å². The number of fused-ring (bicyclic) bond motifs is 1. The maximum atomic E-state index is 12.8. The summed E-state index contributed by atoms with van der Waals surface area (Å²) < 4.78 is 36.2. The van der Waals surface area contributed by atoms with Crippen molar-refractivity contribution in [2.75, 3.05) is 11.9 Å². The molecule has 7 nitrogen and oxygen atoms in total. The fourth-order valence-corrected chi connectivity index (χ4v) is 3.85. The van der Waals surface area contributed by atoms with Gasteiger partial charge in [-0.2, -0.15) is 0 Å². The predicted octanol–water partition coefficient (Wildman–Crippen LogP) is 5.25. The lowest BCUT2D eigenvalue weighted by Crippen LogP contribution is -2.14. The maximum absolute atomic E-state index is 12.8. The molecule has 0 aliphatic heterocycles. The number of nitrogens with one attached hydrogen (secondary N) is 2. The van der Waals surface area contributed by atoms with Crippen molar-refractivity contribution in [3.05, 3.63) is 58.9 Å². The first kappa shape index (κ1) is 19.8. The van der Waals surface area contributed by atoms with E-state index in [0.29, 0.717) is 27.4 Å². The Morgan fingerprint density at radius 1 is 1.33 bits per heavy atom. The number of amides is 1. The molecule has 3 aromatic heterocycles. The quantitative estimate of drug-likeness (QED) is 0.406. The molecule has 0 fully saturated rings. The summed E-state index contributed by atoms with van der Waals surface area (Å²) in [5, 5.41) is 4.68. The smallest absolute Gasteiger partial charge is 0.341 e. The molecule has 0 spiro atoms. The van der Waals surface area contributed by atoms with E-state index in [-0.39, 0.29) is 17.7 Å². The van der Waals surface area contributed by atoms with Crippen molar-refractivity contribution in [1.29, 1.82) is 0 Å². The van der Waals surface area contributed by atoms with Gasteiger partial charge in [-0.3, -0.25) is 4.79 Å². The third-order valence-electron chi connectivity index (χ3n) is 4.25. The van der Waals surface area contributed by atoms with Gasteiger partial charge in [-0.05, 0) is 37.3 Å². The number of aromatic nitrogens is 2. The lowest BCUT2D eigenvalue weighted by Gasteiger charge is -2.08. The number of anilines is 1. The molecule has 0 aliphatic carbocycles. The van der Waals surface area contributed by atoms with Gasteiger partial charge < -0.3 is 19.5 Å². The number of halogens is 2. The maximum Gasteiger partial charge on any atom is 0.341 e. The number of carbonyl (C=O) groups excluding carboxylic acids is 2. The van der Waals surface area contributed by atoms with E-state index in [1.165, 1.54) is 24.5 Å². The second kappa shape index (κ2) is 8.07. The van der Waals surface area contributed by atoms with Crippen molar-refractivity contribution in [1.82, 2.24) is 9.97 Å². The van der Waals surface area contributed by atoms with Crippen molar-refractivity contribution < 1.29 is 27.5 Å². The number of rotatable bonds is 6. The zero-order chi connectivity index (χ0) is 21.3. The van der Waals surface area contributed by atoms with E-state index in [1.54, 1.807) is 24.4 Å². The molecule has 0 bridgehead atoms. The van der Waals surface area contributed by atoms with Crippen LogP contribution in [0.4, 0.5) is 13.8 Å². The van der Waals surface area contributed by atoms with Crippen molar-refractivity contribution in [3.63, 3.8) is 0 Å². The van der Waals surface area contributed by atoms with Crippen molar-refractivity contribution in [2.24, 2.45) is 0 Å². The first-order valence-corrected chi connectivity index (χ1v) is 9.77. The lowest BCUT2D eigenvalue weighted by atomic mass is 10.1. The molecule has 4 aromatic rings. The number of ether oxygens (including phenoxy) is 1. The molecule has 3 heterocycles. The Kier molecular flexibility index (Phi) is 5.32. The Hall–Kier alpha value is -3.53. The molecular formula is C20H15F2N3O4S. The van der Waals surface area contributed by atoms with E-state index in [9.17, 15) is 18.4 Å². The monoisotopic (exact) mass is 431 g/mol. The van der Waals surface area contributed by atoms with Gasteiger partial charge in [0.1, 0.15) is 16.3 Å². The fraction of sp³-hybridized carbons (Fsp3) is 0.150. The van der Waals surface area contributed by atoms with Gasteiger partial charge in [0.15, 0.2) is 5.82 Å². The molecule has 30 heavy (non-hydrogen) atoms. The summed E-state index contributed by atoms with van der Waals surface area (Å²) in [5.74, 6) is -1.10. The number of hydrogen-bond donors (Lipinski definition) is 2. The highest BCUT2D eigenvalue weighted by Gasteiger charge is 2.24. The number of nitrogens with zero attached hydrogens (tertiary/aromatic N) is 1. The molecule has 0 atom stereocenters. The third kappa shape index (κ3) is 3.69. The minimum atomic E-state index is -2.74. The van der Waals surface area contributed by atoms with E-state index in [1.807, 2.05) is 0 Å². The molecule has 0 saturated carbocycles. The summed E-state index contributed by atoms with van der Waals surface area (Å²) in [4.78, 5) is 31.6. The van der Waals surface area contributed by atoms with Crippen molar-refractivity contribution in [3.8, 4) is 11.3 Å². The lowest BCUT2D eigenvalue weighted by molar-refractivity contribution is 0.0528. The summed E-state index contributed by atoms with van der Waals surface area (Å²) >= 11 is 1.15.